The monoisotopic (exact) mass is 551 g/mol. The summed E-state index contributed by atoms with van der Waals surface area (Å²) in [6.45, 7) is 9.92. The number of halogens is 1. The third kappa shape index (κ3) is 7.05. The Morgan fingerprint density at radius 2 is 1.97 bits per heavy atom. The molecule has 2 aliphatic heterocycles. The quantitative estimate of drug-likeness (QED) is 0.324. The molecule has 174 valence electrons. The third-order valence-electron chi connectivity index (χ3n) is 5.80. The maximum atomic E-state index is 5.87. The van der Waals surface area contributed by atoms with Crippen LogP contribution in [0.4, 0.5) is 0 Å². The van der Waals surface area contributed by atoms with Crippen molar-refractivity contribution in [2.24, 2.45) is 4.99 Å². The third-order valence-corrected chi connectivity index (χ3v) is 5.80. The Labute approximate surface area is 208 Å². The van der Waals surface area contributed by atoms with Crippen LogP contribution in [0.25, 0.3) is 0 Å². The van der Waals surface area contributed by atoms with Gasteiger partial charge >= 0.3 is 0 Å². The van der Waals surface area contributed by atoms with Crippen molar-refractivity contribution in [1.29, 1.82) is 0 Å². The molecule has 2 aliphatic rings. The maximum Gasteiger partial charge on any atom is 0.213 e. The van der Waals surface area contributed by atoms with Gasteiger partial charge in [-0.3, -0.25) is 4.90 Å². The molecule has 4 rings (SSSR count). The van der Waals surface area contributed by atoms with Crippen molar-refractivity contribution >= 4 is 29.9 Å². The lowest BCUT2D eigenvalue weighted by Gasteiger charge is -2.32. The molecular weight excluding hydrogens is 517 g/mol. The highest BCUT2D eigenvalue weighted by molar-refractivity contribution is 14.0. The fourth-order valence-corrected chi connectivity index (χ4v) is 4.13. The summed E-state index contributed by atoms with van der Waals surface area (Å²) < 4.78 is 11.4. The summed E-state index contributed by atoms with van der Waals surface area (Å²) in [5.74, 6) is 1.62. The molecule has 1 atom stereocenters. The first kappa shape index (κ1) is 24.7. The van der Waals surface area contributed by atoms with E-state index in [2.05, 4.69) is 39.2 Å². The van der Waals surface area contributed by atoms with E-state index in [0.717, 1.165) is 63.0 Å². The van der Waals surface area contributed by atoms with Gasteiger partial charge in [-0.05, 0) is 30.5 Å². The number of aromatic nitrogens is 1. The van der Waals surface area contributed by atoms with Crippen molar-refractivity contribution in [3.63, 3.8) is 0 Å². The summed E-state index contributed by atoms with van der Waals surface area (Å²) in [7, 11) is 0. The smallest absolute Gasteiger partial charge is 0.213 e. The van der Waals surface area contributed by atoms with E-state index in [9.17, 15) is 0 Å². The summed E-state index contributed by atoms with van der Waals surface area (Å²) >= 11 is 0. The molecule has 1 N–H and O–H groups in total. The summed E-state index contributed by atoms with van der Waals surface area (Å²) in [5.41, 5.74) is 2.23. The molecular formula is C24H34IN5O2. The number of hydrogen-bond acceptors (Lipinski definition) is 5. The van der Waals surface area contributed by atoms with Gasteiger partial charge < -0.3 is 19.7 Å². The normalized spacial score (nSPS) is 19.5. The number of ether oxygens (including phenoxy) is 2. The zero-order valence-corrected chi connectivity index (χ0v) is 21.1. The van der Waals surface area contributed by atoms with E-state index in [1.807, 2.05) is 30.3 Å². The Kier molecular flexibility index (Phi) is 10.0. The molecule has 32 heavy (non-hydrogen) atoms. The van der Waals surface area contributed by atoms with Gasteiger partial charge in [-0.2, -0.15) is 0 Å². The number of likely N-dealkylation sites (tertiary alicyclic amines) is 1. The van der Waals surface area contributed by atoms with E-state index in [4.69, 9.17) is 14.5 Å². The predicted molar refractivity (Wildman–Crippen MR) is 138 cm³/mol. The number of benzene rings is 1. The molecule has 2 saturated heterocycles. The van der Waals surface area contributed by atoms with E-state index in [-0.39, 0.29) is 24.0 Å². The van der Waals surface area contributed by atoms with Crippen LogP contribution < -0.4 is 10.1 Å². The first-order valence-electron chi connectivity index (χ1n) is 11.3. The zero-order chi connectivity index (χ0) is 21.3. The minimum absolute atomic E-state index is 0. The highest BCUT2D eigenvalue weighted by atomic mass is 127. The number of aliphatic imine (C=N–C) groups is 1. The fraction of sp³-hybridized carbons (Fsp3) is 0.500. The van der Waals surface area contributed by atoms with E-state index in [1.54, 1.807) is 6.20 Å². The Morgan fingerprint density at radius 1 is 1.16 bits per heavy atom. The van der Waals surface area contributed by atoms with Gasteiger partial charge in [-0.25, -0.2) is 9.98 Å². The van der Waals surface area contributed by atoms with Crippen LogP contribution in [0, 0.1) is 0 Å². The Bertz CT molecular complexity index is 845. The van der Waals surface area contributed by atoms with Crippen molar-refractivity contribution in [2.45, 2.75) is 32.5 Å². The average Bonchev–Trinajstić information content (AvgIpc) is 3.32. The summed E-state index contributed by atoms with van der Waals surface area (Å²) in [5, 5.41) is 3.47. The minimum Gasteiger partial charge on any atom is -0.473 e. The molecule has 2 aromatic rings. The molecule has 0 radical (unpaired) electrons. The van der Waals surface area contributed by atoms with Crippen molar-refractivity contribution in [1.82, 2.24) is 20.1 Å². The van der Waals surface area contributed by atoms with Crippen molar-refractivity contribution in [3.05, 3.63) is 59.8 Å². The first-order chi connectivity index (χ1) is 15.3. The fourth-order valence-electron chi connectivity index (χ4n) is 4.13. The van der Waals surface area contributed by atoms with Gasteiger partial charge in [-0.1, -0.05) is 30.3 Å². The second-order valence-corrected chi connectivity index (χ2v) is 7.98. The van der Waals surface area contributed by atoms with E-state index in [0.29, 0.717) is 25.1 Å². The average molecular weight is 551 g/mol. The minimum atomic E-state index is 0. The Balaban J connectivity index is 0.00000289. The van der Waals surface area contributed by atoms with Crippen molar-refractivity contribution < 1.29 is 9.47 Å². The lowest BCUT2D eigenvalue weighted by Crippen LogP contribution is -2.46. The van der Waals surface area contributed by atoms with E-state index in [1.165, 1.54) is 6.42 Å². The molecule has 3 heterocycles. The molecule has 0 aliphatic carbocycles. The standard InChI is InChI=1S/C24H33N5O2.HI/c1-2-25-24(29-11-9-22(18-29)28-12-14-30-15-13-28)27-17-21-8-10-26-23(16-21)31-19-20-6-4-3-5-7-20;/h3-8,10,16,22H,2,9,11-15,17-19H2,1H3,(H,25,27);1H. The number of hydrogen-bond donors (Lipinski definition) is 1. The number of morpholine rings is 1. The largest absolute Gasteiger partial charge is 0.473 e. The Morgan fingerprint density at radius 3 is 2.75 bits per heavy atom. The number of guanidine groups is 1. The molecule has 8 heteroatoms. The molecule has 0 amide bonds. The van der Waals surface area contributed by atoms with Crippen LogP contribution in [-0.2, 0) is 17.9 Å². The van der Waals surface area contributed by atoms with Gasteiger partial charge in [0.05, 0.1) is 19.8 Å². The second kappa shape index (κ2) is 13.0. The van der Waals surface area contributed by atoms with E-state index < -0.39 is 0 Å². The number of pyridine rings is 1. The van der Waals surface area contributed by atoms with Crippen LogP contribution in [-0.4, -0.2) is 72.7 Å². The molecule has 1 aromatic heterocycles. The van der Waals surface area contributed by atoms with Gasteiger partial charge in [0, 0.05) is 51.0 Å². The first-order valence-corrected chi connectivity index (χ1v) is 11.3. The highest BCUT2D eigenvalue weighted by Crippen LogP contribution is 2.18. The van der Waals surface area contributed by atoms with Crippen molar-refractivity contribution in [2.75, 3.05) is 45.9 Å². The molecule has 1 unspecified atom stereocenters. The number of nitrogens with one attached hydrogen (secondary N) is 1. The second-order valence-electron chi connectivity index (χ2n) is 7.98. The van der Waals surface area contributed by atoms with E-state index >= 15 is 0 Å². The molecule has 7 nitrogen and oxygen atoms in total. The molecule has 1 aromatic carbocycles. The van der Waals surface area contributed by atoms with Gasteiger partial charge in [0.25, 0.3) is 0 Å². The summed E-state index contributed by atoms with van der Waals surface area (Å²) in [6.07, 6.45) is 2.97. The predicted octanol–water partition coefficient (Wildman–Crippen LogP) is 3.15. The summed E-state index contributed by atoms with van der Waals surface area (Å²) in [4.78, 5) is 14.2. The molecule has 2 fully saturated rings. The van der Waals surface area contributed by atoms with Crippen LogP contribution in [0.15, 0.2) is 53.7 Å². The van der Waals surface area contributed by atoms with Gasteiger partial charge in [0.1, 0.15) is 6.61 Å². The van der Waals surface area contributed by atoms with Gasteiger partial charge in [0.15, 0.2) is 5.96 Å². The SMILES string of the molecule is CCNC(=NCc1ccnc(OCc2ccccc2)c1)N1CCC(N2CCOCC2)C1.I. The maximum absolute atomic E-state index is 5.87. The van der Waals surface area contributed by atoms with Crippen LogP contribution in [0.2, 0.25) is 0 Å². The van der Waals surface area contributed by atoms with Crippen LogP contribution >= 0.6 is 24.0 Å². The van der Waals surface area contributed by atoms with Crippen molar-refractivity contribution in [3.8, 4) is 5.88 Å². The van der Waals surface area contributed by atoms with Gasteiger partial charge in [0.2, 0.25) is 5.88 Å². The lowest BCUT2D eigenvalue weighted by molar-refractivity contribution is 0.0195. The number of nitrogens with zero attached hydrogens (tertiary/aromatic N) is 4. The zero-order valence-electron chi connectivity index (χ0n) is 18.8. The molecule has 0 spiro atoms. The number of rotatable bonds is 7. The van der Waals surface area contributed by atoms with Crippen LogP contribution in [0.5, 0.6) is 5.88 Å². The highest BCUT2D eigenvalue weighted by Gasteiger charge is 2.30. The van der Waals surface area contributed by atoms with Crippen LogP contribution in [0.3, 0.4) is 0 Å². The Hall–Kier alpha value is -1.91. The van der Waals surface area contributed by atoms with Crippen LogP contribution in [0.1, 0.15) is 24.5 Å². The summed E-state index contributed by atoms with van der Waals surface area (Å²) in [6, 6.07) is 14.7. The van der Waals surface area contributed by atoms with Gasteiger partial charge in [-0.15, -0.1) is 24.0 Å². The topological polar surface area (TPSA) is 62.2 Å². The molecule has 0 bridgehead atoms. The lowest BCUT2D eigenvalue weighted by atomic mass is 10.2. The molecule has 0 saturated carbocycles.